The van der Waals surface area contributed by atoms with Gasteiger partial charge in [0.05, 0.1) is 17.0 Å². The fourth-order valence-electron chi connectivity index (χ4n) is 3.95. The van der Waals surface area contributed by atoms with Crippen molar-refractivity contribution in [1.29, 1.82) is 5.26 Å². The Morgan fingerprint density at radius 1 is 1.06 bits per heavy atom. The van der Waals surface area contributed by atoms with Gasteiger partial charge in [-0.25, -0.2) is 8.42 Å². The maximum Gasteiger partial charge on any atom is 0.244 e. The van der Waals surface area contributed by atoms with Crippen LogP contribution in [0.5, 0.6) is 0 Å². The average Bonchev–Trinajstić information content (AvgIpc) is 3.65. The van der Waals surface area contributed by atoms with Crippen LogP contribution in [0.3, 0.4) is 0 Å². The molecule has 168 valence electrons. The molecule has 0 atom stereocenters. The summed E-state index contributed by atoms with van der Waals surface area (Å²) in [4.78, 5) is 16.9. The van der Waals surface area contributed by atoms with Crippen molar-refractivity contribution in [3.8, 4) is 6.07 Å². The van der Waals surface area contributed by atoms with E-state index in [1.165, 1.54) is 16.4 Å². The van der Waals surface area contributed by atoms with E-state index in [0.29, 0.717) is 37.2 Å². The fourth-order valence-corrected chi connectivity index (χ4v) is 5.64. The normalized spacial score (nSPS) is 17.3. The molecule has 0 bridgehead atoms. The van der Waals surface area contributed by atoms with E-state index in [2.05, 4.69) is 4.90 Å². The van der Waals surface area contributed by atoms with E-state index in [4.69, 9.17) is 11.6 Å². The molecule has 1 saturated heterocycles. The number of hydrogen-bond acceptors (Lipinski definition) is 5. The minimum atomic E-state index is -3.77. The Morgan fingerprint density at radius 3 is 2.34 bits per heavy atom. The molecule has 1 heterocycles. The zero-order chi connectivity index (χ0) is 22.7. The molecule has 1 aliphatic heterocycles. The third-order valence-electron chi connectivity index (χ3n) is 5.92. The number of benzene rings is 2. The summed E-state index contributed by atoms with van der Waals surface area (Å²) in [6, 6.07) is 16.2. The highest BCUT2D eigenvalue weighted by Gasteiger charge is 2.34. The molecule has 0 unspecified atom stereocenters. The van der Waals surface area contributed by atoms with Crippen LogP contribution in [0.1, 0.15) is 24.0 Å². The molecule has 2 fully saturated rings. The van der Waals surface area contributed by atoms with Gasteiger partial charge in [0.2, 0.25) is 15.9 Å². The number of carbonyl (C=O) groups excluding carboxylic acids is 1. The van der Waals surface area contributed by atoms with Crippen molar-refractivity contribution < 1.29 is 13.2 Å². The molecule has 7 nitrogen and oxygen atoms in total. The second kappa shape index (κ2) is 9.59. The molecule has 9 heteroatoms. The number of sulfonamides is 1. The third-order valence-corrected chi connectivity index (χ3v) is 8.13. The van der Waals surface area contributed by atoms with E-state index < -0.39 is 10.0 Å². The zero-order valence-electron chi connectivity index (χ0n) is 17.7. The number of nitriles is 1. The van der Waals surface area contributed by atoms with Gasteiger partial charge in [0.1, 0.15) is 6.07 Å². The van der Waals surface area contributed by atoms with Crippen LogP contribution in [0.25, 0.3) is 0 Å². The van der Waals surface area contributed by atoms with Crippen LogP contribution in [0, 0.1) is 11.3 Å². The maximum absolute atomic E-state index is 13.0. The van der Waals surface area contributed by atoms with Crippen LogP contribution in [0.4, 0.5) is 0 Å². The first kappa shape index (κ1) is 22.7. The van der Waals surface area contributed by atoms with Crippen molar-refractivity contribution in [2.24, 2.45) is 0 Å². The highest BCUT2D eigenvalue weighted by Crippen LogP contribution is 2.29. The van der Waals surface area contributed by atoms with Crippen molar-refractivity contribution in [3.63, 3.8) is 0 Å². The predicted octanol–water partition coefficient (Wildman–Crippen LogP) is 2.71. The lowest BCUT2D eigenvalue weighted by atomic mass is 10.2. The number of nitrogens with zero attached hydrogens (tertiary/aromatic N) is 4. The molecule has 2 aromatic rings. The molecule has 1 saturated carbocycles. The molecular formula is C23H25ClN4O3S. The number of rotatable bonds is 7. The van der Waals surface area contributed by atoms with Crippen LogP contribution in [-0.2, 0) is 21.4 Å². The van der Waals surface area contributed by atoms with Gasteiger partial charge in [-0.05, 0) is 42.7 Å². The monoisotopic (exact) mass is 472 g/mol. The number of piperazine rings is 1. The van der Waals surface area contributed by atoms with Gasteiger partial charge >= 0.3 is 0 Å². The lowest BCUT2D eigenvalue weighted by molar-refractivity contribution is -0.133. The maximum atomic E-state index is 13.0. The van der Waals surface area contributed by atoms with E-state index >= 15 is 0 Å². The Morgan fingerprint density at radius 2 is 1.72 bits per heavy atom. The first-order valence-corrected chi connectivity index (χ1v) is 12.5. The summed E-state index contributed by atoms with van der Waals surface area (Å²) in [5.74, 6) is 0.0142. The molecule has 32 heavy (non-hydrogen) atoms. The summed E-state index contributed by atoms with van der Waals surface area (Å²) in [7, 11) is -3.77. The molecule has 2 aliphatic rings. The van der Waals surface area contributed by atoms with Gasteiger partial charge in [0.15, 0.2) is 0 Å². The molecule has 2 aromatic carbocycles. The number of halogens is 1. The summed E-state index contributed by atoms with van der Waals surface area (Å²) < 4.78 is 27.4. The van der Waals surface area contributed by atoms with Crippen molar-refractivity contribution in [1.82, 2.24) is 14.1 Å². The Kier molecular flexibility index (Phi) is 6.82. The summed E-state index contributed by atoms with van der Waals surface area (Å²) in [6.45, 7) is 2.12. The summed E-state index contributed by atoms with van der Waals surface area (Å²) >= 11 is 5.97. The van der Waals surface area contributed by atoms with E-state index in [-0.39, 0.29) is 29.5 Å². The second-order valence-electron chi connectivity index (χ2n) is 8.16. The van der Waals surface area contributed by atoms with Gasteiger partial charge in [-0.15, -0.1) is 0 Å². The standard InChI is InChI=1S/C23H25ClN4O3S/c24-20-7-5-18(6-8-20)16-27(21-9-10-21)17-23(29)26-11-13-28(14-12-26)32(30,31)22-4-2-1-3-19(22)15-25/h1-8,21H,9-14,16-17H2. The van der Waals surface area contributed by atoms with Crippen molar-refractivity contribution in [2.75, 3.05) is 32.7 Å². The molecule has 4 rings (SSSR count). The number of hydrogen-bond donors (Lipinski definition) is 0. The van der Waals surface area contributed by atoms with Gasteiger partial charge in [-0.2, -0.15) is 9.57 Å². The highest BCUT2D eigenvalue weighted by atomic mass is 35.5. The topological polar surface area (TPSA) is 84.7 Å². The van der Waals surface area contributed by atoms with Crippen LogP contribution in [0.15, 0.2) is 53.4 Å². The van der Waals surface area contributed by atoms with Crippen molar-refractivity contribution >= 4 is 27.5 Å². The molecule has 0 N–H and O–H groups in total. The van der Waals surface area contributed by atoms with Gasteiger partial charge < -0.3 is 4.90 Å². The van der Waals surface area contributed by atoms with Gasteiger partial charge in [-0.1, -0.05) is 35.9 Å². The molecular weight excluding hydrogens is 448 g/mol. The third kappa shape index (κ3) is 5.13. The minimum Gasteiger partial charge on any atom is -0.339 e. The SMILES string of the molecule is N#Cc1ccccc1S(=O)(=O)N1CCN(C(=O)CN(Cc2ccc(Cl)cc2)C2CC2)CC1. The van der Waals surface area contributed by atoms with Crippen molar-refractivity contribution in [2.45, 2.75) is 30.3 Å². The fraction of sp³-hybridized carbons (Fsp3) is 0.391. The Balaban J connectivity index is 1.36. The van der Waals surface area contributed by atoms with Crippen LogP contribution in [-0.4, -0.2) is 67.2 Å². The molecule has 1 aliphatic carbocycles. The minimum absolute atomic E-state index is 0.0142. The Hall–Kier alpha value is -2.44. The molecule has 0 aromatic heterocycles. The molecule has 0 spiro atoms. The first-order valence-electron chi connectivity index (χ1n) is 10.6. The first-order chi connectivity index (χ1) is 15.4. The van der Waals surface area contributed by atoms with Crippen LogP contribution in [0.2, 0.25) is 5.02 Å². The summed E-state index contributed by atoms with van der Waals surface area (Å²) in [5.41, 5.74) is 1.24. The lowest BCUT2D eigenvalue weighted by Crippen LogP contribution is -2.52. The lowest BCUT2D eigenvalue weighted by Gasteiger charge is -2.35. The van der Waals surface area contributed by atoms with Gasteiger partial charge in [0.25, 0.3) is 0 Å². The van der Waals surface area contributed by atoms with E-state index in [0.717, 1.165) is 18.4 Å². The van der Waals surface area contributed by atoms with Crippen molar-refractivity contribution in [3.05, 3.63) is 64.7 Å². The average molecular weight is 473 g/mol. The number of amides is 1. The van der Waals surface area contributed by atoms with Gasteiger partial charge in [0, 0.05) is 43.8 Å². The van der Waals surface area contributed by atoms with Gasteiger partial charge in [-0.3, -0.25) is 9.69 Å². The summed E-state index contributed by atoms with van der Waals surface area (Å²) in [6.07, 6.45) is 2.18. The largest absolute Gasteiger partial charge is 0.339 e. The molecule has 1 amide bonds. The predicted molar refractivity (Wildman–Crippen MR) is 121 cm³/mol. The van der Waals surface area contributed by atoms with E-state index in [1.807, 2.05) is 30.3 Å². The Bertz CT molecular complexity index is 1120. The highest BCUT2D eigenvalue weighted by molar-refractivity contribution is 7.89. The smallest absolute Gasteiger partial charge is 0.244 e. The van der Waals surface area contributed by atoms with Crippen LogP contribution >= 0.6 is 11.6 Å². The number of carbonyl (C=O) groups is 1. The van der Waals surface area contributed by atoms with E-state index in [9.17, 15) is 18.5 Å². The molecule has 0 radical (unpaired) electrons. The second-order valence-corrected chi connectivity index (χ2v) is 10.5. The summed E-state index contributed by atoms with van der Waals surface area (Å²) in [5, 5.41) is 9.94. The van der Waals surface area contributed by atoms with E-state index in [1.54, 1.807) is 17.0 Å². The quantitative estimate of drug-likeness (QED) is 0.618. The van der Waals surface area contributed by atoms with Crippen LogP contribution < -0.4 is 0 Å². The zero-order valence-corrected chi connectivity index (χ0v) is 19.2. The Labute approximate surface area is 193 Å².